The van der Waals surface area contributed by atoms with Crippen molar-refractivity contribution in [2.24, 2.45) is 0 Å². The molecule has 3 nitrogen and oxygen atoms in total. The Morgan fingerprint density at radius 2 is 1.08 bits per heavy atom. The van der Waals surface area contributed by atoms with Gasteiger partial charge in [0.1, 0.15) is 11.2 Å². The van der Waals surface area contributed by atoms with Gasteiger partial charge in [-0.15, -0.1) is 0 Å². The van der Waals surface area contributed by atoms with Gasteiger partial charge in [-0.25, -0.2) is 0 Å². The summed E-state index contributed by atoms with van der Waals surface area (Å²) in [7, 11) is 0. The maximum Gasteiger partial charge on any atom is 0.135 e. The number of fused-ring (bicyclic) bond motifs is 13. The highest BCUT2D eigenvalue weighted by atomic mass is 16.3. The molecule has 0 radical (unpaired) electrons. The smallest absolute Gasteiger partial charge is 0.135 e. The molecule has 1 aliphatic carbocycles. The predicted octanol–water partition coefficient (Wildman–Crippen LogP) is 13.3. The highest BCUT2D eigenvalue weighted by Gasteiger charge is 2.39. The van der Waals surface area contributed by atoms with Crippen LogP contribution in [0.2, 0.25) is 0 Å². The van der Waals surface area contributed by atoms with Crippen molar-refractivity contribution in [3.8, 4) is 11.4 Å². The topological polar surface area (TPSA) is 23.0 Å². The van der Waals surface area contributed by atoms with Gasteiger partial charge in [-0.1, -0.05) is 100 Å². The predicted molar refractivity (Wildman–Crippen MR) is 215 cm³/mol. The monoisotopic (exact) mass is 658 g/mol. The van der Waals surface area contributed by atoms with Crippen LogP contribution in [0.25, 0.3) is 87.7 Å². The van der Waals surface area contributed by atoms with Crippen molar-refractivity contribution in [1.82, 2.24) is 9.13 Å². The fourth-order valence-electron chi connectivity index (χ4n) is 9.53. The van der Waals surface area contributed by atoms with E-state index >= 15 is 0 Å². The van der Waals surface area contributed by atoms with E-state index in [2.05, 4.69) is 164 Å². The van der Waals surface area contributed by atoms with Crippen LogP contribution < -0.4 is 0 Å². The largest absolute Gasteiger partial charge is 0.456 e. The summed E-state index contributed by atoms with van der Waals surface area (Å²) in [4.78, 5) is 0. The van der Waals surface area contributed by atoms with Crippen molar-refractivity contribution in [2.75, 3.05) is 0 Å². The maximum atomic E-state index is 6.30. The molecular weight excluding hydrogens is 621 g/mol. The van der Waals surface area contributed by atoms with E-state index in [1.165, 1.54) is 77.6 Å². The van der Waals surface area contributed by atoms with Crippen LogP contribution in [0, 0.1) is 0 Å². The van der Waals surface area contributed by atoms with Crippen LogP contribution in [0.15, 0.2) is 138 Å². The zero-order valence-electron chi connectivity index (χ0n) is 29.4. The lowest BCUT2D eigenvalue weighted by Gasteiger charge is -2.42. The van der Waals surface area contributed by atoms with Gasteiger partial charge in [0.25, 0.3) is 0 Å². The van der Waals surface area contributed by atoms with Crippen LogP contribution in [0.3, 0.4) is 0 Å². The molecule has 0 atom stereocenters. The number of furan rings is 1. The van der Waals surface area contributed by atoms with E-state index < -0.39 is 0 Å². The molecule has 246 valence electrons. The van der Waals surface area contributed by atoms with Crippen molar-refractivity contribution >= 4 is 76.3 Å². The van der Waals surface area contributed by atoms with Gasteiger partial charge in [-0.05, 0) is 106 Å². The lowest BCUT2D eigenvalue weighted by atomic mass is 9.62. The van der Waals surface area contributed by atoms with Crippen molar-refractivity contribution in [3.05, 3.63) is 145 Å². The molecular formula is C48H38N2O. The van der Waals surface area contributed by atoms with Crippen molar-refractivity contribution in [3.63, 3.8) is 0 Å². The number of hydrogen-bond acceptors (Lipinski definition) is 1. The molecule has 11 rings (SSSR count). The summed E-state index contributed by atoms with van der Waals surface area (Å²) in [6, 6.07) is 49.2. The van der Waals surface area contributed by atoms with Crippen molar-refractivity contribution < 1.29 is 4.42 Å². The minimum absolute atomic E-state index is 0.0332. The molecule has 0 saturated heterocycles. The number of rotatable bonds is 2. The zero-order chi connectivity index (χ0) is 34.2. The highest BCUT2D eigenvalue weighted by molar-refractivity contribution is 6.25. The summed E-state index contributed by atoms with van der Waals surface area (Å²) < 4.78 is 11.3. The summed E-state index contributed by atoms with van der Waals surface area (Å²) >= 11 is 0. The summed E-state index contributed by atoms with van der Waals surface area (Å²) in [5.74, 6) is 0. The average Bonchev–Trinajstić information content (AvgIpc) is 3.79. The summed E-state index contributed by atoms with van der Waals surface area (Å²) in [5, 5.41) is 10.1. The van der Waals surface area contributed by atoms with E-state index in [1.54, 1.807) is 0 Å². The van der Waals surface area contributed by atoms with E-state index in [-0.39, 0.29) is 10.8 Å². The van der Waals surface area contributed by atoms with E-state index in [9.17, 15) is 0 Å². The van der Waals surface area contributed by atoms with Crippen LogP contribution in [0.5, 0.6) is 0 Å². The fourth-order valence-corrected chi connectivity index (χ4v) is 9.53. The Labute approximate surface area is 296 Å². The Hall–Kier alpha value is -5.80. The van der Waals surface area contributed by atoms with Gasteiger partial charge in [0, 0.05) is 43.7 Å². The van der Waals surface area contributed by atoms with E-state index in [0.29, 0.717) is 0 Å². The minimum atomic E-state index is 0.0332. The SMILES string of the molecule is CC1(C)CCC(C)(C)c2c1ccc1c2c2cc3c(cc2n1-c1ccc2oc4ccccc4c2c1)c1c2ccccc2ccc1n3-c1ccccc1. The van der Waals surface area contributed by atoms with Crippen LogP contribution in [0.4, 0.5) is 0 Å². The molecule has 0 amide bonds. The van der Waals surface area contributed by atoms with Crippen LogP contribution in [0.1, 0.15) is 51.7 Å². The van der Waals surface area contributed by atoms with Gasteiger partial charge in [-0.2, -0.15) is 0 Å². The Kier molecular flexibility index (Phi) is 5.64. The standard InChI is InChI=1S/C48H38N2O/c1-47(2)24-25-48(3,4)46-37(47)20-22-39-45(46)36-28-40-35(27-41(36)50(39)31-19-23-43-34(26-31)33-16-10-11-17-42(33)51-43)44-32-15-9-8-12-29(32)18-21-38(44)49(40)30-13-6-5-7-14-30/h5-23,26-28H,24-25H2,1-4H3. The molecule has 1 aliphatic rings. The fraction of sp³-hybridized carbons (Fsp3) is 0.167. The molecule has 3 aromatic heterocycles. The number of aromatic nitrogens is 2. The van der Waals surface area contributed by atoms with Gasteiger partial charge >= 0.3 is 0 Å². The number of hydrogen-bond donors (Lipinski definition) is 0. The van der Waals surface area contributed by atoms with Gasteiger partial charge in [-0.3, -0.25) is 0 Å². The third-order valence-corrected chi connectivity index (χ3v) is 12.1. The van der Waals surface area contributed by atoms with Gasteiger partial charge in [0.05, 0.1) is 22.1 Å². The van der Waals surface area contributed by atoms with E-state index in [4.69, 9.17) is 4.42 Å². The zero-order valence-corrected chi connectivity index (χ0v) is 29.4. The molecule has 7 aromatic carbocycles. The lowest BCUT2D eigenvalue weighted by Crippen LogP contribution is -2.34. The van der Waals surface area contributed by atoms with Crippen LogP contribution in [-0.2, 0) is 10.8 Å². The van der Waals surface area contributed by atoms with E-state index in [1.807, 2.05) is 6.07 Å². The average molecular weight is 659 g/mol. The Balaban J connectivity index is 1.37. The second-order valence-corrected chi connectivity index (χ2v) is 16.0. The van der Waals surface area contributed by atoms with E-state index in [0.717, 1.165) is 34.0 Å². The van der Waals surface area contributed by atoms with Gasteiger partial charge < -0.3 is 13.6 Å². The second-order valence-electron chi connectivity index (χ2n) is 16.0. The first-order chi connectivity index (χ1) is 24.8. The summed E-state index contributed by atoms with van der Waals surface area (Å²) in [6.45, 7) is 9.78. The Morgan fingerprint density at radius 3 is 1.90 bits per heavy atom. The highest BCUT2D eigenvalue weighted by Crippen LogP contribution is 2.52. The first-order valence-corrected chi connectivity index (χ1v) is 18.2. The molecule has 0 bridgehead atoms. The molecule has 0 fully saturated rings. The molecule has 3 heteroatoms. The molecule has 0 spiro atoms. The summed E-state index contributed by atoms with van der Waals surface area (Å²) in [6.07, 6.45) is 2.34. The molecule has 0 N–H and O–H groups in total. The molecule has 0 unspecified atom stereocenters. The normalized spacial score (nSPS) is 15.6. The van der Waals surface area contributed by atoms with Gasteiger partial charge in [0.2, 0.25) is 0 Å². The third kappa shape index (κ3) is 3.89. The number of benzene rings is 7. The van der Waals surface area contributed by atoms with Crippen molar-refractivity contribution in [2.45, 2.75) is 51.4 Å². The molecule has 51 heavy (non-hydrogen) atoms. The van der Waals surface area contributed by atoms with Crippen molar-refractivity contribution in [1.29, 1.82) is 0 Å². The molecule has 10 aromatic rings. The lowest BCUT2D eigenvalue weighted by molar-refractivity contribution is 0.334. The first-order valence-electron chi connectivity index (χ1n) is 18.2. The third-order valence-electron chi connectivity index (χ3n) is 12.1. The van der Waals surface area contributed by atoms with Crippen LogP contribution >= 0.6 is 0 Å². The quantitative estimate of drug-likeness (QED) is 0.181. The molecule has 0 aliphatic heterocycles. The first kappa shape index (κ1) is 29.0. The minimum Gasteiger partial charge on any atom is -0.456 e. The molecule has 3 heterocycles. The Morgan fingerprint density at radius 1 is 0.451 bits per heavy atom. The number of nitrogens with zero attached hydrogens (tertiary/aromatic N) is 2. The maximum absolute atomic E-state index is 6.30. The molecule has 0 saturated carbocycles. The Bertz CT molecular complexity index is 3080. The van der Waals surface area contributed by atoms with Crippen LogP contribution in [-0.4, -0.2) is 9.13 Å². The van der Waals surface area contributed by atoms with Gasteiger partial charge in [0.15, 0.2) is 0 Å². The second kappa shape index (κ2) is 9.92. The number of para-hydroxylation sites is 2. The summed E-state index contributed by atoms with van der Waals surface area (Å²) in [5.41, 5.74) is 12.2.